The fourth-order valence-electron chi connectivity index (χ4n) is 8.10. The van der Waals surface area contributed by atoms with Crippen molar-refractivity contribution in [1.82, 2.24) is 0 Å². The van der Waals surface area contributed by atoms with E-state index in [2.05, 4.69) is 0 Å². The van der Waals surface area contributed by atoms with E-state index < -0.39 is 0 Å². The van der Waals surface area contributed by atoms with Crippen LogP contribution in [0.5, 0.6) is 34.5 Å². The van der Waals surface area contributed by atoms with Crippen LogP contribution in [0.4, 0.5) is 8.78 Å². The molecule has 87 heavy (non-hydrogen) atoms. The summed E-state index contributed by atoms with van der Waals surface area (Å²) in [6, 6.07) is 65.9. The highest BCUT2D eigenvalue weighted by molar-refractivity contribution is 5.75. The van der Waals surface area contributed by atoms with E-state index in [9.17, 15) is 29.2 Å². The highest BCUT2D eigenvalue weighted by atomic mass is 19.1. The van der Waals surface area contributed by atoms with E-state index in [0.717, 1.165) is 78.1 Å². The van der Waals surface area contributed by atoms with Crippen LogP contribution in [-0.4, -0.2) is 48.0 Å². The van der Waals surface area contributed by atoms with Gasteiger partial charge in [0.2, 0.25) is 0 Å². The molecule has 10 rings (SSSR count). The lowest BCUT2D eigenvalue weighted by atomic mass is 10.0. The molecule has 0 fully saturated rings. The summed E-state index contributed by atoms with van der Waals surface area (Å²) < 4.78 is 31.2. The minimum atomic E-state index is -0.238. The molecule has 0 saturated heterocycles. The Balaban J connectivity index is 0.000000174. The number of aliphatic hydroxyl groups excluding tert-OH is 3. The molecule has 0 aliphatic heterocycles. The molecular formula is C76H70F2O9. The first-order valence-electron chi connectivity index (χ1n) is 27.6. The SMILES string of the molecule is COc1cccc(/C=C/c2ccc(CO)cc2)c1.Cc1cc(O)cc(/C=C/c2ccc(O)cc2)c1.Cc1ccc(CO)c(/C=C/c2ccc(F)cc2)c1.OCc1ccc(/C=C/c2cccc(O)c2O)cc1.Oc1ccc(/C=C/c2ccccc2F)cc1. The lowest BCUT2D eigenvalue weighted by Gasteiger charge is -2.04. The van der Waals surface area contributed by atoms with E-state index in [1.54, 1.807) is 116 Å². The lowest BCUT2D eigenvalue weighted by molar-refractivity contribution is 0.281. The largest absolute Gasteiger partial charge is 0.508 e. The minimum Gasteiger partial charge on any atom is -0.508 e. The first-order chi connectivity index (χ1) is 42.1. The number of aromatic hydroxyl groups is 5. The molecule has 11 heteroatoms. The van der Waals surface area contributed by atoms with Gasteiger partial charge in [-0.25, -0.2) is 8.78 Å². The van der Waals surface area contributed by atoms with E-state index in [1.165, 1.54) is 24.3 Å². The van der Waals surface area contributed by atoms with Gasteiger partial charge in [0.1, 0.15) is 34.6 Å². The Kier molecular flexibility index (Phi) is 26.3. The van der Waals surface area contributed by atoms with Crippen molar-refractivity contribution in [2.75, 3.05) is 7.11 Å². The van der Waals surface area contributed by atoms with Gasteiger partial charge in [-0.3, -0.25) is 0 Å². The van der Waals surface area contributed by atoms with Crippen molar-refractivity contribution in [3.05, 3.63) is 320 Å². The van der Waals surface area contributed by atoms with Gasteiger partial charge in [0, 0.05) is 11.1 Å². The molecule has 0 heterocycles. The second kappa shape index (κ2) is 34.9. The number of rotatable bonds is 14. The Bertz CT molecular complexity index is 3850. The Morgan fingerprint density at radius 3 is 1.32 bits per heavy atom. The predicted octanol–water partition coefficient (Wildman–Crippen LogP) is 17.2. The van der Waals surface area contributed by atoms with Crippen molar-refractivity contribution < 1.29 is 54.4 Å². The van der Waals surface area contributed by atoms with Crippen LogP contribution in [-0.2, 0) is 19.8 Å². The number of hydrogen-bond acceptors (Lipinski definition) is 9. The predicted molar refractivity (Wildman–Crippen MR) is 351 cm³/mol. The van der Waals surface area contributed by atoms with Crippen molar-refractivity contribution >= 4 is 60.8 Å². The third-order valence-corrected chi connectivity index (χ3v) is 12.9. The number of para-hydroxylation sites is 1. The highest BCUT2D eigenvalue weighted by Crippen LogP contribution is 2.30. The van der Waals surface area contributed by atoms with Gasteiger partial charge in [-0.2, -0.15) is 0 Å². The number of aryl methyl sites for hydroxylation is 2. The van der Waals surface area contributed by atoms with Gasteiger partial charge < -0.3 is 45.6 Å². The number of benzene rings is 10. The van der Waals surface area contributed by atoms with Crippen LogP contribution in [0.2, 0.25) is 0 Å². The first-order valence-corrected chi connectivity index (χ1v) is 27.6. The maximum atomic E-state index is 13.3. The fourth-order valence-corrected chi connectivity index (χ4v) is 8.10. The van der Waals surface area contributed by atoms with Crippen molar-refractivity contribution in [1.29, 1.82) is 0 Å². The average Bonchev–Trinajstić information content (AvgIpc) is 3.63. The molecule has 0 aliphatic rings. The Morgan fingerprint density at radius 1 is 0.345 bits per heavy atom. The number of methoxy groups -OCH3 is 1. The van der Waals surface area contributed by atoms with Gasteiger partial charge in [0.15, 0.2) is 11.5 Å². The Labute approximate surface area is 507 Å². The van der Waals surface area contributed by atoms with Gasteiger partial charge >= 0.3 is 0 Å². The Hall–Kier alpha value is -10.6. The molecule has 8 N–H and O–H groups in total. The van der Waals surface area contributed by atoms with Crippen molar-refractivity contribution in [3.8, 4) is 34.5 Å². The normalized spacial score (nSPS) is 10.9. The summed E-state index contributed by atoms with van der Waals surface area (Å²) in [7, 11) is 1.66. The molecule has 10 aromatic rings. The molecule has 0 bridgehead atoms. The van der Waals surface area contributed by atoms with Crippen LogP contribution >= 0.6 is 0 Å². The van der Waals surface area contributed by atoms with Crippen LogP contribution in [0.15, 0.2) is 224 Å². The molecule has 0 aliphatic carbocycles. The second-order valence-electron chi connectivity index (χ2n) is 19.7. The molecular weight excluding hydrogens is 1090 g/mol. The van der Waals surface area contributed by atoms with Gasteiger partial charge in [-0.1, -0.05) is 218 Å². The summed E-state index contributed by atoms with van der Waals surface area (Å²) in [6.07, 6.45) is 18.9. The number of hydrogen-bond donors (Lipinski definition) is 8. The topological polar surface area (TPSA) is 171 Å². The molecule has 10 aromatic carbocycles. The lowest BCUT2D eigenvalue weighted by Crippen LogP contribution is -1.89. The molecule has 0 atom stereocenters. The van der Waals surface area contributed by atoms with Gasteiger partial charge in [0.05, 0.1) is 26.9 Å². The molecule has 442 valence electrons. The van der Waals surface area contributed by atoms with Crippen molar-refractivity contribution in [2.45, 2.75) is 33.7 Å². The average molecular weight is 1170 g/mol. The third-order valence-electron chi connectivity index (χ3n) is 12.9. The summed E-state index contributed by atoms with van der Waals surface area (Å²) in [5.74, 6) is 0.881. The molecule has 0 amide bonds. The summed E-state index contributed by atoms with van der Waals surface area (Å²) in [5.41, 5.74) is 13.9. The molecule has 0 saturated carbocycles. The molecule has 0 spiro atoms. The van der Waals surface area contributed by atoms with Crippen LogP contribution < -0.4 is 4.74 Å². The molecule has 9 nitrogen and oxygen atoms in total. The minimum absolute atomic E-state index is 0.0172. The van der Waals surface area contributed by atoms with Crippen LogP contribution in [0.3, 0.4) is 0 Å². The zero-order valence-corrected chi connectivity index (χ0v) is 48.5. The highest BCUT2D eigenvalue weighted by Gasteiger charge is 2.03. The van der Waals surface area contributed by atoms with Crippen LogP contribution in [0.25, 0.3) is 60.8 Å². The van der Waals surface area contributed by atoms with E-state index in [-0.39, 0.29) is 60.2 Å². The molecule has 0 aromatic heterocycles. The number of halogens is 2. The summed E-state index contributed by atoms with van der Waals surface area (Å²) in [5, 5.41) is 73.8. The zero-order valence-electron chi connectivity index (χ0n) is 48.5. The van der Waals surface area contributed by atoms with Crippen molar-refractivity contribution in [3.63, 3.8) is 0 Å². The first kappa shape index (κ1) is 65.6. The van der Waals surface area contributed by atoms with E-state index in [4.69, 9.17) is 25.2 Å². The third kappa shape index (κ3) is 23.2. The van der Waals surface area contributed by atoms with E-state index >= 15 is 0 Å². The zero-order chi connectivity index (χ0) is 62.3. The summed E-state index contributed by atoms with van der Waals surface area (Å²) in [6.45, 7) is 4.08. The number of phenolic OH excluding ortho intramolecular Hbond substituents is 5. The van der Waals surface area contributed by atoms with Gasteiger partial charge in [0.25, 0.3) is 0 Å². The number of ether oxygens (including phenoxy) is 1. The maximum absolute atomic E-state index is 13.3. The Morgan fingerprint density at radius 2 is 0.805 bits per heavy atom. The van der Waals surface area contributed by atoms with Crippen LogP contribution in [0, 0.1) is 25.5 Å². The van der Waals surface area contributed by atoms with Gasteiger partial charge in [-0.15, -0.1) is 0 Å². The molecule has 0 unspecified atom stereocenters. The maximum Gasteiger partial charge on any atom is 0.164 e. The number of phenols is 5. The monoisotopic (exact) mass is 1160 g/mol. The smallest absolute Gasteiger partial charge is 0.164 e. The second-order valence-corrected chi connectivity index (χ2v) is 19.7. The summed E-state index contributed by atoms with van der Waals surface area (Å²) in [4.78, 5) is 0. The fraction of sp³-hybridized carbons (Fsp3) is 0.0789. The van der Waals surface area contributed by atoms with Crippen molar-refractivity contribution in [2.24, 2.45) is 0 Å². The van der Waals surface area contributed by atoms with Crippen LogP contribution in [0.1, 0.15) is 83.5 Å². The quantitative estimate of drug-likeness (QED) is 0.0390. The molecule has 0 radical (unpaired) electrons. The standard InChI is InChI=1S/C16H15FO.C16H16O2.C15H14O3.C15H14O2.C14H11FO/c1-12-2-6-15(11-18)14(10-12)7-3-13-4-8-16(17)9-5-13;1-18-16-4-2-3-14(11-16)8-5-13-6-9-15(12-17)10-7-13;16-10-12-6-4-11(5-7-12)8-9-13-2-1-3-14(17)15(13)18;1-11-8-13(10-15(17)9-11)3-2-12-4-6-14(16)7-5-12;15-14-4-2-1-3-12(14)8-5-11-6-9-13(16)10-7-11/h2-10,18H,11H2,1H3;2-11,17H,12H2,1H3;1-9,16-18H,10H2;2-10,16-17H,1H3;1-10,16H/b7-3+;8-5+;9-8+;3-2+;8-5+. The van der Waals surface area contributed by atoms with Gasteiger partial charge in [-0.05, 0) is 153 Å². The summed E-state index contributed by atoms with van der Waals surface area (Å²) >= 11 is 0. The van der Waals surface area contributed by atoms with E-state index in [1.807, 2.05) is 166 Å². The van der Waals surface area contributed by atoms with E-state index in [0.29, 0.717) is 11.1 Å². The number of aliphatic hydroxyl groups is 3.